The average Bonchev–Trinajstić information content (AvgIpc) is 2.36. The monoisotopic (exact) mass is 293 g/mol. The molecule has 0 saturated heterocycles. The Morgan fingerprint density at radius 1 is 1.25 bits per heavy atom. The second kappa shape index (κ2) is 8.90. The van der Waals surface area contributed by atoms with Crippen molar-refractivity contribution < 1.29 is 0 Å². The molecule has 0 fully saturated rings. The lowest BCUT2D eigenvalue weighted by Crippen LogP contribution is -2.12. The molecule has 0 amide bonds. The summed E-state index contributed by atoms with van der Waals surface area (Å²) in [5.41, 5.74) is 7.48. The van der Waals surface area contributed by atoms with Crippen LogP contribution in [0.15, 0.2) is 12.1 Å². The Morgan fingerprint density at radius 2 is 1.95 bits per heavy atom. The molecular formula is C16H27N3S. The molecule has 1 rings (SSSR count). The van der Waals surface area contributed by atoms with Gasteiger partial charge in [-0.2, -0.15) is 0 Å². The predicted molar refractivity (Wildman–Crippen MR) is 91.3 cm³/mol. The second-order valence-electron chi connectivity index (χ2n) is 5.77. The quantitative estimate of drug-likeness (QED) is 0.533. The molecule has 3 N–H and O–H groups in total. The van der Waals surface area contributed by atoms with Gasteiger partial charge in [-0.15, -0.1) is 0 Å². The summed E-state index contributed by atoms with van der Waals surface area (Å²) >= 11 is 5.01. The van der Waals surface area contributed by atoms with E-state index in [9.17, 15) is 0 Å². The zero-order valence-corrected chi connectivity index (χ0v) is 13.7. The van der Waals surface area contributed by atoms with Gasteiger partial charge in [-0.1, -0.05) is 51.7 Å². The van der Waals surface area contributed by atoms with E-state index in [0.717, 1.165) is 29.5 Å². The van der Waals surface area contributed by atoms with Crippen LogP contribution in [-0.2, 0) is 0 Å². The van der Waals surface area contributed by atoms with E-state index in [-0.39, 0.29) is 0 Å². The van der Waals surface area contributed by atoms with Crippen molar-refractivity contribution in [3.63, 3.8) is 0 Å². The number of aromatic nitrogens is 1. The number of thiocarbonyl (C=S) groups is 1. The van der Waals surface area contributed by atoms with E-state index in [0.29, 0.717) is 4.99 Å². The van der Waals surface area contributed by atoms with Crippen LogP contribution in [0, 0.1) is 12.8 Å². The highest BCUT2D eigenvalue weighted by atomic mass is 32.1. The molecule has 0 spiro atoms. The minimum Gasteiger partial charge on any atom is -0.389 e. The van der Waals surface area contributed by atoms with E-state index in [4.69, 9.17) is 18.0 Å². The number of hydrogen-bond donors (Lipinski definition) is 2. The summed E-state index contributed by atoms with van der Waals surface area (Å²) in [7, 11) is 0. The lowest BCUT2D eigenvalue weighted by molar-refractivity contribution is 0.523. The number of nitrogens with zero attached hydrogens (tertiary/aromatic N) is 1. The molecule has 0 atom stereocenters. The van der Waals surface area contributed by atoms with Crippen LogP contribution in [0.1, 0.15) is 57.2 Å². The highest BCUT2D eigenvalue weighted by Gasteiger charge is 2.02. The molecule has 0 aliphatic heterocycles. The third-order valence-corrected chi connectivity index (χ3v) is 3.49. The number of unbranched alkanes of at least 4 members (excludes halogenated alkanes) is 3. The molecule has 1 aromatic heterocycles. The Hall–Kier alpha value is -1.16. The number of pyridine rings is 1. The van der Waals surface area contributed by atoms with Gasteiger partial charge in [0.05, 0.1) is 0 Å². The van der Waals surface area contributed by atoms with Crippen molar-refractivity contribution in [2.75, 3.05) is 11.9 Å². The normalized spacial score (nSPS) is 10.8. The van der Waals surface area contributed by atoms with Crippen LogP contribution in [0.25, 0.3) is 0 Å². The maximum Gasteiger partial charge on any atom is 0.126 e. The molecule has 112 valence electrons. The lowest BCUT2D eigenvalue weighted by Gasteiger charge is -2.09. The van der Waals surface area contributed by atoms with Crippen molar-refractivity contribution in [1.29, 1.82) is 0 Å². The largest absolute Gasteiger partial charge is 0.389 e. The first-order valence-corrected chi connectivity index (χ1v) is 7.92. The van der Waals surface area contributed by atoms with Crippen LogP contribution < -0.4 is 11.1 Å². The molecule has 1 heterocycles. The Kier molecular flexibility index (Phi) is 7.52. The highest BCUT2D eigenvalue weighted by molar-refractivity contribution is 7.80. The molecule has 1 aromatic rings. The van der Waals surface area contributed by atoms with Crippen LogP contribution in [0.5, 0.6) is 0 Å². The average molecular weight is 293 g/mol. The molecule has 0 aliphatic carbocycles. The van der Waals surface area contributed by atoms with Crippen molar-refractivity contribution in [1.82, 2.24) is 4.98 Å². The zero-order valence-electron chi connectivity index (χ0n) is 12.9. The van der Waals surface area contributed by atoms with Crippen molar-refractivity contribution in [3.8, 4) is 0 Å². The summed E-state index contributed by atoms with van der Waals surface area (Å²) in [4.78, 5) is 4.87. The standard InChI is InChI=1S/C16H27N3S/c1-12(2)8-6-4-5-7-9-18-15-11-14(16(17)20)10-13(3)19-15/h10-12H,4-9H2,1-3H3,(H2,17,20)(H,18,19). The zero-order chi connectivity index (χ0) is 15.0. The number of anilines is 1. The Morgan fingerprint density at radius 3 is 2.60 bits per heavy atom. The van der Waals surface area contributed by atoms with Crippen molar-refractivity contribution in [3.05, 3.63) is 23.4 Å². The molecule has 3 nitrogen and oxygen atoms in total. The van der Waals surface area contributed by atoms with Gasteiger partial charge in [-0.3, -0.25) is 0 Å². The molecule has 0 aliphatic rings. The van der Waals surface area contributed by atoms with Gasteiger partial charge < -0.3 is 11.1 Å². The minimum atomic E-state index is 0.423. The Balaban J connectivity index is 2.27. The lowest BCUT2D eigenvalue weighted by atomic mass is 10.0. The SMILES string of the molecule is Cc1cc(C(N)=S)cc(NCCCCCCC(C)C)n1. The smallest absolute Gasteiger partial charge is 0.126 e. The van der Waals surface area contributed by atoms with Gasteiger partial charge in [0.25, 0.3) is 0 Å². The van der Waals surface area contributed by atoms with E-state index >= 15 is 0 Å². The minimum absolute atomic E-state index is 0.423. The van der Waals surface area contributed by atoms with E-state index in [2.05, 4.69) is 24.1 Å². The molecule has 0 unspecified atom stereocenters. The van der Waals surface area contributed by atoms with Gasteiger partial charge >= 0.3 is 0 Å². The van der Waals surface area contributed by atoms with Crippen molar-refractivity contribution >= 4 is 23.0 Å². The van der Waals surface area contributed by atoms with Crippen LogP contribution in [0.2, 0.25) is 0 Å². The Bertz CT molecular complexity index is 430. The number of nitrogens with two attached hydrogens (primary N) is 1. The van der Waals surface area contributed by atoms with Crippen LogP contribution in [-0.4, -0.2) is 16.5 Å². The van der Waals surface area contributed by atoms with Gasteiger partial charge in [0.2, 0.25) is 0 Å². The van der Waals surface area contributed by atoms with Crippen LogP contribution >= 0.6 is 12.2 Å². The summed E-state index contributed by atoms with van der Waals surface area (Å²) in [6.07, 6.45) is 6.44. The van der Waals surface area contributed by atoms with Gasteiger partial charge in [0.15, 0.2) is 0 Å². The predicted octanol–water partition coefficient (Wildman–Crippen LogP) is 4.04. The fourth-order valence-corrected chi connectivity index (χ4v) is 2.27. The summed E-state index contributed by atoms with van der Waals surface area (Å²) < 4.78 is 0. The summed E-state index contributed by atoms with van der Waals surface area (Å²) in [5.74, 6) is 1.69. The number of rotatable bonds is 9. The first-order chi connectivity index (χ1) is 9.49. The second-order valence-corrected chi connectivity index (χ2v) is 6.21. The molecule has 0 radical (unpaired) electrons. The fourth-order valence-electron chi connectivity index (χ4n) is 2.15. The number of nitrogens with one attached hydrogen (secondary N) is 1. The number of aryl methyl sites for hydroxylation is 1. The molecular weight excluding hydrogens is 266 g/mol. The summed E-state index contributed by atoms with van der Waals surface area (Å²) in [5, 5.41) is 3.35. The summed E-state index contributed by atoms with van der Waals surface area (Å²) in [6, 6.07) is 3.84. The maximum atomic E-state index is 5.66. The van der Waals surface area contributed by atoms with Crippen molar-refractivity contribution in [2.24, 2.45) is 11.7 Å². The third-order valence-electron chi connectivity index (χ3n) is 3.25. The third kappa shape index (κ3) is 6.85. The topological polar surface area (TPSA) is 50.9 Å². The van der Waals surface area contributed by atoms with E-state index in [1.165, 1.54) is 32.1 Å². The summed E-state index contributed by atoms with van der Waals surface area (Å²) in [6.45, 7) is 7.47. The fraction of sp³-hybridized carbons (Fsp3) is 0.625. The molecule has 0 saturated carbocycles. The first-order valence-electron chi connectivity index (χ1n) is 7.51. The maximum absolute atomic E-state index is 5.66. The Labute approximate surface area is 128 Å². The molecule has 0 aromatic carbocycles. The van der Waals surface area contributed by atoms with E-state index in [1.54, 1.807) is 0 Å². The van der Waals surface area contributed by atoms with Crippen LogP contribution in [0.3, 0.4) is 0 Å². The van der Waals surface area contributed by atoms with Crippen molar-refractivity contribution in [2.45, 2.75) is 52.9 Å². The van der Waals surface area contributed by atoms with Gasteiger partial charge in [-0.25, -0.2) is 4.98 Å². The van der Waals surface area contributed by atoms with E-state index in [1.807, 2.05) is 19.1 Å². The van der Waals surface area contributed by atoms with Gasteiger partial charge in [-0.05, 0) is 31.4 Å². The molecule has 0 bridgehead atoms. The molecule has 4 heteroatoms. The number of hydrogen-bond acceptors (Lipinski definition) is 3. The van der Waals surface area contributed by atoms with E-state index < -0.39 is 0 Å². The van der Waals surface area contributed by atoms with Gasteiger partial charge in [0, 0.05) is 17.8 Å². The highest BCUT2D eigenvalue weighted by Crippen LogP contribution is 2.12. The first kappa shape index (κ1) is 16.9. The molecule has 20 heavy (non-hydrogen) atoms. The van der Waals surface area contributed by atoms with Gasteiger partial charge in [0.1, 0.15) is 10.8 Å². The van der Waals surface area contributed by atoms with Crippen LogP contribution in [0.4, 0.5) is 5.82 Å².